The molecule has 0 aliphatic rings. The number of nitrogens with zero attached hydrogens (tertiary/aromatic N) is 8. The third-order valence-electron chi connectivity index (χ3n) is 22.1. The number of hydrogen-bond acceptors (Lipinski definition) is 4. The summed E-state index contributed by atoms with van der Waals surface area (Å²) in [6.07, 6.45) is 0. The summed E-state index contributed by atoms with van der Waals surface area (Å²) in [6, 6.07) is 140. The second-order valence-electron chi connectivity index (χ2n) is 28.5. The number of benzene rings is 16. The van der Waals surface area contributed by atoms with Crippen LogP contribution in [0.5, 0.6) is 0 Å². The number of para-hydroxylation sites is 5. The van der Waals surface area contributed by atoms with Crippen LogP contribution in [0.2, 0.25) is 0 Å². The Morgan fingerprint density at radius 3 is 1.14 bits per heavy atom. The molecular weight excluding hydrogens is 1340 g/mol. The van der Waals surface area contributed by atoms with E-state index < -0.39 is 0 Å². The highest BCUT2D eigenvalue weighted by Crippen LogP contribution is 2.47. The third kappa shape index (κ3) is 10.2. The van der Waals surface area contributed by atoms with E-state index in [1.165, 1.54) is 70.5 Å². The molecule has 0 saturated heterocycles. The molecule has 0 aliphatic carbocycles. The van der Waals surface area contributed by atoms with Gasteiger partial charge in [0.25, 0.3) is 0 Å². The zero-order valence-corrected chi connectivity index (χ0v) is 59.5. The third-order valence-corrected chi connectivity index (χ3v) is 22.1. The van der Waals surface area contributed by atoms with E-state index in [1.807, 2.05) is 18.2 Å². The molecular formula is C102H64N8. The Hall–Kier alpha value is -14.9. The molecule has 16 aromatic carbocycles. The number of aromatic nitrogens is 8. The maximum Gasteiger partial charge on any atom is 0.164 e. The van der Waals surface area contributed by atoms with Gasteiger partial charge in [0.2, 0.25) is 0 Å². The summed E-state index contributed by atoms with van der Waals surface area (Å²) in [5.74, 6) is 1.77. The van der Waals surface area contributed by atoms with Crippen LogP contribution < -0.4 is 0 Å². The summed E-state index contributed by atoms with van der Waals surface area (Å²) >= 11 is 0. The predicted octanol–water partition coefficient (Wildman–Crippen LogP) is 26.1. The van der Waals surface area contributed by atoms with Crippen LogP contribution in [0.25, 0.3) is 211 Å². The molecule has 6 heterocycles. The summed E-state index contributed by atoms with van der Waals surface area (Å²) in [6.45, 7) is 0. The van der Waals surface area contributed by atoms with Gasteiger partial charge in [-0.05, 0) is 153 Å². The van der Waals surface area contributed by atoms with Gasteiger partial charge in [-0.2, -0.15) is 0 Å². The molecule has 512 valence electrons. The van der Waals surface area contributed by atoms with Gasteiger partial charge in [0, 0.05) is 93.7 Å². The molecule has 0 radical (unpaired) electrons. The Morgan fingerprint density at radius 2 is 0.545 bits per heavy atom. The molecule has 0 fully saturated rings. The number of pyridine rings is 1. The Balaban J connectivity index is 0.641. The van der Waals surface area contributed by atoms with Crippen LogP contribution in [0.4, 0.5) is 0 Å². The van der Waals surface area contributed by atoms with Gasteiger partial charge in [-0.1, -0.05) is 279 Å². The topological polar surface area (TPSA) is 71.3 Å². The minimum atomic E-state index is 0.585. The van der Waals surface area contributed by atoms with Crippen LogP contribution >= 0.6 is 0 Å². The lowest BCUT2D eigenvalue weighted by atomic mass is 9.95. The minimum absolute atomic E-state index is 0.585. The number of fused-ring (bicyclic) bond motifs is 15. The number of rotatable bonds is 12. The lowest BCUT2D eigenvalue weighted by molar-refractivity contribution is 1.07. The van der Waals surface area contributed by atoms with Gasteiger partial charge < -0.3 is 18.3 Å². The van der Waals surface area contributed by atoms with Crippen LogP contribution in [0.3, 0.4) is 0 Å². The van der Waals surface area contributed by atoms with E-state index in [0.29, 0.717) is 17.5 Å². The smallest absolute Gasteiger partial charge is 0.164 e. The molecule has 22 aromatic rings. The Morgan fingerprint density at radius 1 is 0.173 bits per heavy atom. The maximum absolute atomic E-state index is 5.44. The Kier molecular flexibility index (Phi) is 14.5. The van der Waals surface area contributed by atoms with Crippen LogP contribution in [-0.4, -0.2) is 38.2 Å². The monoisotopic (exact) mass is 1400 g/mol. The molecule has 8 nitrogen and oxygen atoms in total. The SMILES string of the molecule is c1ccc(-c2cc(-c3cccc4ccccc34)cc(-c3cccc(-n4c5ccccc5c5c4ccc4c6ccc(-c7cccc(-c8cccc(-c9nc(-c%10ccccc%10)nc(-c%10cccc(-n%11c%12ccccc%12c%12c%11ccc%11c%13ccccc%13n(-c%13ccccc%13)c%11%12)c%10)n9)c8)c7)cc6n(-c6ccccc6)c45)c3)n2)cc1. The Bertz CT molecular complexity index is 7450. The van der Waals surface area contributed by atoms with Gasteiger partial charge in [-0.3, -0.25) is 0 Å². The van der Waals surface area contributed by atoms with Crippen molar-refractivity contribution < 1.29 is 0 Å². The van der Waals surface area contributed by atoms with Crippen molar-refractivity contribution >= 4 is 98.0 Å². The van der Waals surface area contributed by atoms with Crippen LogP contribution in [-0.2, 0) is 0 Å². The van der Waals surface area contributed by atoms with E-state index in [4.69, 9.17) is 19.9 Å². The fourth-order valence-electron chi connectivity index (χ4n) is 17.2. The molecule has 0 amide bonds. The van der Waals surface area contributed by atoms with Gasteiger partial charge in [0.05, 0.1) is 55.5 Å². The summed E-state index contributed by atoms with van der Waals surface area (Å²) < 4.78 is 9.75. The van der Waals surface area contributed by atoms with Crippen molar-refractivity contribution in [3.63, 3.8) is 0 Å². The van der Waals surface area contributed by atoms with E-state index in [1.54, 1.807) is 0 Å². The molecule has 0 atom stereocenters. The average molecular weight is 1400 g/mol. The summed E-state index contributed by atoms with van der Waals surface area (Å²) in [5.41, 5.74) is 26.7. The minimum Gasteiger partial charge on any atom is -0.309 e. The van der Waals surface area contributed by atoms with E-state index in [2.05, 4.69) is 388 Å². The van der Waals surface area contributed by atoms with Gasteiger partial charge >= 0.3 is 0 Å². The van der Waals surface area contributed by atoms with Crippen molar-refractivity contribution in [1.29, 1.82) is 0 Å². The summed E-state index contributed by atoms with van der Waals surface area (Å²) in [4.78, 5) is 21.4. The van der Waals surface area contributed by atoms with Gasteiger partial charge in [0.15, 0.2) is 17.5 Å². The average Bonchev–Trinajstić information content (AvgIpc) is 1.55. The van der Waals surface area contributed by atoms with Crippen LogP contribution in [0, 0.1) is 0 Å². The summed E-state index contributed by atoms with van der Waals surface area (Å²) in [5, 5.41) is 12.0. The van der Waals surface area contributed by atoms with Crippen molar-refractivity contribution in [2.24, 2.45) is 0 Å². The van der Waals surface area contributed by atoms with E-state index >= 15 is 0 Å². The zero-order valence-electron chi connectivity index (χ0n) is 59.5. The molecule has 0 bridgehead atoms. The quantitative estimate of drug-likeness (QED) is 0.122. The highest BCUT2D eigenvalue weighted by atomic mass is 15.1. The van der Waals surface area contributed by atoms with E-state index in [0.717, 1.165) is 123 Å². The second-order valence-corrected chi connectivity index (χ2v) is 28.5. The first-order chi connectivity index (χ1) is 54.5. The van der Waals surface area contributed by atoms with Crippen LogP contribution in [0.15, 0.2) is 388 Å². The fourth-order valence-corrected chi connectivity index (χ4v) is 17.2. The molecule has 0 unspecified atom stereocenters. The lowest BCUT2D eigenvalue weighted by Gasteiger charge is -2.14. The summed E-state index contributed by atoms with van der Waals surface area (Å²) in [7, 11) is 0. The Labute approximate surface area is 633 Å². The highest BCUT2D eigenvalue weighted by Gasteiger charge is 2.25. The first-order valence-corrected chi connectivity index (χ1v) is 37.4. The largest absolute Gasteiger partial charge is 0.309 e. The first-order valence-electron chi connectivity index (χ1n) is 37.4. The zero-order chi connectivity index (χ0) is 72.3. The fraction of sp³-hybridized carbons (Fsp3) is 0. The van der Waals surface area contributed by atoms with Gasteiger partial charge in [-0.15, -0.1) is 0 Å². The van der Waals surface area contributed by atoms with Crippen molar-refractivity contribution in [2.45, 2.75) is 0 Å². The molecule has 110 heavy (non-hydrogen) atoms. The maximum atomic E-state index is 5.44. The molecule has 0 aliphatic heterocycles. The molecule has 8 heteroatoms. The van der Waals surface area contributed by atoms with Gasteiger partial charge in [-0.25, -0.2) is 19.9 Å². The lowest BCUT2D eigenvalue weighted by Crippen LogP contribution is -2.01. The molecule has 0 saturated carbocycles. The van der Waals surface area contributed by atoms with Gasteiger partial charge in [0.1, 0.15) is 0 Å². The molecule has 0 N–H and O–H groups in total. The van der Waals surface area contributed by atoms with Crippen molar-refractivity contribution in [3.8, 4) is 113 Å². The first kappa shape index (κ1) is 62.5. The predicted molar refractivity (Wildman–Crippen MR) is 456 cm³/mol. The van der Waals surface area contributed by atoms with Crippen LogP contribution in [0.1, 0.15) is 0 Å². The van der Waals surface area contributed by atoms with E-state index in [9.17, 15) is 0 Å². The standard InChI is InChI=1S/C102H64N8/c1-5-27-66(28-6-1)88-62-75(81-48-25-31-65-26-13-14-44-80(65)81)63-89(103-88)72-35-23-42-78(60-72)107-91-50-19-17-47-87(91)97-94(107)57-55-85-83-53-52-71(64-95(83)110(99(85)97)77-40-11-4-12-41-77)69-33-21-32-68(58-69)70-34-22-36-73(59-70)101-104-100(67-29-7-2-8-30-67)105-102(106-101)74-37-24-43-79(61-74)108-92-51-20-16-46-86(92)96-93(108)56-54-84-82-45-15-18-49-90(82)109(98(84)96)76-38-9-3-10-39-76/h1-64H. The van der Waals surface area contributed by atoms with E-state index in [-0.39, 0.29) is 0 Å². The van der Waals surface area contributed by atoms with Crippen molar-refractivity contribution in [3.05, 3.63) is 388 Å². The van der Waals surface area contributed by atoms with Crippen molar-refractivity contribution in [2.75, 3.05) is 0 Å². The molecule has 0 spiro atoms. The highest BCUT2D eigenvalue weighted by molar-refractivity contribution is 6.28. The normalized spacial score (nSPS) is 11.8. The molecule has 6 aromatic heterocycles. The second kappa shape index (κ2) is 25.4. The van der Waals surface area contributed by atoms with Crippen molar-refractivity contribution in [1.82, 2.24) is 38.2 Å². The molecule has 22 rings (SSSR count). The number of hydrogen-bond donors (Lipinski definition) is 0.